The molecule has 0 aromatic rings. The maximum Gasteiger partial charge on any atom is 0.162 e. The van der Waals surface area contributed by atoms with Crippen molar-refractivity contribution in [2.45, 2.75) is 39.5 Å². The van der Waals surface area contributed by atoms with Gasteiger partial charge in [0.15, 0.2) is 5.78 Å². The van der Waals surface area contributed by atoms with Gasteiger partial charge in [-0.15, -0.1) is 0 Å². The van der Waals surface area contributed by atoms with Gasteiger partial charge in [-0.2, -0.15) is 0 Å². The highest BCUT2D eigenvalue weighted by molar-refractivity contribution is 5.98. The molecule has 0 bridgehead atoms. The molecule has 0 N–H and O–H groups in total. The summed E-state index contributed by atoms with van der Waals surface area (Å²) < 4.78 is 0. The van der Waals surface area contributed by atoms with Crippen molar-refractivity contribution in [2.75, 3.05) is 0 Å². The van der Waals surface area contributed by atoms with Crippen molar-refractivity contribution in [3.8, 4) is 0 Å². The molecule has 2 aliphatic rings. The Morgan fingerprint density at radius 3 is 2.94 bits per heavy atom. The Labute approximate surface area is 97.9 Å². The van der Waals surface area contributed by atoms with Crippen molar-refractivity contribution in [1.29, 1.82) is 0 Å². The molecule has 0 amide bonds. The van der Waals surface area contributed by atoms with Gasteiger partial charge in [-0.3, -0.25) is 4.79 Å². The Hall–Kier alpha value is -1.11. The molecule has 2 atom stereocenters. The minimum Gasteiger partial charge on any atom is -0.294 e. The van der Waals surface area contributed by atoms with Gasteiger partial charge in [-0.25, -0.2) is 0 Å². The standard InChI is InChI=1S/C15H20O/c1-3-11(2)13-9-6-10-14(13)15(16)12-7-4-5-8-12/h3,6-7,9,13-14H,4-5,8,10H2,1-2H3/b11-3-/t13-,14+/m1/s1. The third-order valence-electron chi connectivity index (χ3n) is 3.84. The van der Waals surface area contributed by atoms with E-state index < -0.39 is 0 Å². The molecule has 0 saturated carbocycles. The number of rotatable bonds is 3. The van der Waals surface area contributed by atoms with Gasteiger partial charge in [-0.1, -0.05) is 29.9 Å². The number of hydrogen-bond acceptors (Lipinski definition) is 1. The summed E-state index contributed by atoms with van der Waals surface area (Å²) in [5, 5.41) is 0. The molecule has 0 aromatic heterocycles. The van der Waals surface area contributed by atoms with Crippen molar-refractivity contribution in [3.05, 3.63) is 35.5 Å². The first-order chi connectivity index (χ1) is 7.74. The summed E-state index contributed by atoms with van der Waals surface area (Å²) in [5.41, 5.74) is 2.41. The van der Waals surface area contributed by atoms with E-state index in [4.69, 9.17) is 0 Å². The summed E-state index contributed by atoms with van der Waals surface area (Å²) in [5.74, 6) is 0.924. The number of carbonyl (C=O) groups excluding carboxylic acids is 1. The third-order valence-corrected chi connectivity index (χ3v) is 3.84. The van der Waals surface area contributed by atoms with E-state index in [2.05, 4.69) is 38.2 Å². The zero-order chi connectivity index (χ0) is 11.5. The van der Waals surface area contributed by atoms with Crippen molar-refractivity contribution in [1.82, 2.24) is 0 Å². The van der Waals surface area contributed by atoms with Crippen LogP contribution in [0.15, 0.2) is 35.5 Å². The van der Waals surface area contributed by atoms with Crippen LogP contribution in [0.2, 0.25) is 0 Å². The van der Waals surface area contributed by atoms with Gasteiger partial charge in [0.2, 0.25) is 0 Å². The first-order valence-electron chi connectivity index (χ1n) is 6.26. The van der Waals surface area contributed by atoms with Crippen LogP contribution in [0.25, 0.3) is 0 Å². The Bertz CT molecular complexity index is 371. The maximum atomic E-state index is 12.3. The highest BCUT2D eigenvalue weighted by Gasteiger charge is 2.32. The van der Waals surface area contributed by atoms with Gasteiger partial charge in [-0.05, 0) is 45.1 Å². The van der Waals surface area contributed by atoms with E-state index in [1.807, 2.05) is 0 Å². The minimum atomic E-state index is 0.181. The zero-order valence-electron chi connectivity index (χ0n) is 10.2. The molecule has 0 heterocycles. The van der Waals surface area contributed by atoms with Gasteiger partial charge in [0.05, 0.1) is 0 Å². The van der Waals surface area contributed by atoms with Crippen molar-refractivity contribution >= 4 is 5.78 Å². The third kappa shape index (κ3) is 2.04. The molecule has 1 nitrogen and oxygen atoms in total. The molecule has 0 aliphatic heterocycles. The van der Waals surface area contributed by atoms with E-state index in [0.29, 0.717) is 11.7 Å². The average molecular weight is 216 g/mol. The number of allylic oxidation sites excluding steroid dienone is 6. The maximum absolute atomic E-state index is 12.3. The lowest BCUT2D eigenvalue weighted by Gasteiger charge is -2.19. The van der Waals surface area contributed by atoms with E-state index in [-0.39, 0.29) is 5.92 Å². The lowest BCUT2D eigenvalue weighted by Crippen LogP contribution is -2.21. The number of ketones is 1. The molecule has 0 unspecified atom stereocenters. The van der Waals surface area contributed by atoms with Crippen LogP contribution in [-0.4, -0.2) is 5.78 Å². The first kappa shape index (κ1) is 11.4. The van der Waals surface area contributed by atoms with E-state index >= 15 is 0 Å². The topological polar surface area (TPSA) is 17.1 Å². The van der Waals surface area contributed by atoms with Crippen LogP contribution in [-0.2, 0) is 4.79 Å². The average Bonchev–Trinajstić information content (AvgIpc) is 2.97. The number of hydrogen-bond donors (Lipinski definition) is 0. The van der Waals surface area contributed by atoms with Crippen molar-refractivity contribution in [3.63, 3.8) is 0 Å². The van der Waals surface area contributed by atoms with Gasteiger partial charge >= 0.3 is 0 Å². The van der Waals surface area contributed by atoms with Crippen molar-refractivity contribution in [2.24, 2.45) is 11.8 Å². The summed E-state index contributed by atoms with van der Waals surface area (Å²) >= 11 is 0. The van der Waals surface area contributed by atoms with E-state index in [1.165, 1.54) is 5.57 Å². The molecular formula is C15H20O. The molecule has 0 saturated heterocycles. The Morgan fingerprint density at radius 2 is 2.31 bits per heavy atom. The Morgan fingerprint density at radius 1 is 1.50 bits per heavy atom. The lowest BCUT2D eigenvalue weighted by molar-refractivity contribution is -0.119. The van der Waals surface area contributed by atoms with E-state index in [0.717, 1.165) is 31.3 Å². The Balaban J connectivity index is 2.12. The molecular weight excluding hydrogens is 196 g/mol. The molecule has 0 aromatic carbocycles. The fraction of sp³-hybridized carbons (Fsp3) is 0.533. The minimum absolute atomic E-state index is 0.181. The summed E-state index contributed by atoms with van der Waals surface area (Å²) in [7, 11) is 0. The van der Waals surface area contributed by atoms with Crippen LogP contribution in [0.3, 0.4) is 0 Å². The molecule has 86 valence electrons. The first-order valence-corrected chi connectivity index (χ1v) is 6.26. The van der Waals surface area contributed by atoms with Gasteiger partial charge in [0.1, 0.15) is 0 Å². The Kier molecular flexibility index (Phi) is 3.42. The predicted octanol–water partition coefficient (Wildman–Crippen LogP) is 3.82. The summed E-state index contributed by atoms with van der Waals surface area (Å²) in [4.78, 5) is 12.3. The van der Waals surface area contributed by atoms with Crippen LogP contribution in [0.5, 0.6) is 0 Å². The quantitative estimate of drug-likeness (QED) is 0.655. The fourth-order valence-electron chi connectivity index (χ4n) is 2.72. The molecule has 16 heavy (non-hydrogen) atoms. The van der Waals surface area contributed by atoms with Gasteiger partial charge in [0.25, 0.3) is 0 Å². The molecule has 2 aliphatic carbocycles. The SMILES string of the molecule is C/C=C(/C)[C@H]1C=CC[C@@H]1C(=O)C1=CCCC1. The van der Waals surface area contributed by atoms with Crippen LogP contribution in [0, 0.1) is 11.8 Å². The van der Waals surface area contributed by atoms with Crippen LogP contribution < -0.4 is 0 Å². The molecule has 0 radical (unpaired) electrons. The summed E-state index contributed by atoms with van der Waals surface area (Å²) in [6.45, 7) is 4.18. The lowest BCUT2D eigenvalue weighted by atomic mass is 9.83. The van der Waals surface area contributed by atoms with Crippen LogP contribution in [0.1, 0.15) is 39.5 Å². The van der Waals surface area contributed by atoms with Gasteiger partial charge in [0, 0.05) is 11.8 Å². The number of Topliss-reactive ketones (excluding diaryl/α,β-unsaturated/α-hetero) is 1. The summed E-state index contributed by atoms with van der Waals surface area (Å²) in [6.07, 6.45) is 12.8. The number of carbonyl (C=O) groups is 1. The largest absolute Gasteiger partial charge is 0.294 e. The van der Waals surface area contributed by atoms with Crippen LogP contribution >= 0.6 is 0 Å². The molecule has 0 fully saturated rings. The normalized spacial score (nSPS) is 29.6. The van der Waals surface area contributed by atoms with Crippen LogP contribution in [0.4, 0.5) is 0 Å². The second-order valence-electron chi connectivity index (χ2n) is 4.81. The second-order valence-corrected chi connectivity index (χ2v) is 4.81. The smallest absolute Gasteiger partial charge is 0.162 e. The molecule has 1 heteroatoms. The highest BCUT2D eigenvalue weighted by atomic mass is 16.1. The molecule has 0 spiro atoms. The predicted molar refractivity (Wildman–Crippen MR) is 67.1 cm³/mol. The zero-order valence-corrected chi connectivity index (χ0v) is 10.2. The van der Waals surface area contributed by atoms with Crippen molar-refractivity contribution < 1.29 is 4.79 Å². The molecule has 2 rings (SSSR count). The van der Waals surface area contributed by atoms with E-state index in [9.17, 15) is 4.79 Å². The fourth-order valence-corrected chi connectivity index (χ4v) is 2.72. The van der Waals surface area contributed by atoms with E-state index in [1.54, 1.807) is 0 Å². The summed E-state index contributed by atoms with van der Waals surface area (Å²) in [6, 6.07) is 0. The van der Waals surface area contributed by atoms with Gasteiger partial charge < -0.3 is 0 Å². The monoisotopic (exact) mass is 216 g/mol. The highest BCUT2D eigenvalue weighted by Crippen LogP contribution is 2.35. The second kappa shape index (κ2) is 4.82.